The lowest BCUT2D eigenvalue weighted by Gasteiger charge is -2.40. The van der Waals surface area contributed by atoms with E-state index in [9.17, 15) is 4.39 Å². The minimum atomic E-state index is -0.180. The van der Waals surface area contributed by atoms with Gasteiger partial charge < -0.3 is 0 Å². The van der Waals surface area contributed by atoms with E-state index in [-0.39, 0.29) is 5.82 Å². The van der Waals surface area contributed by atoms with Crippen molar-refractivity contribution in [3.63, 3.8) is 0 Å². The highest BCUT2D eigenvalue weighted by atomic mass is 79.9. The Morgan fingerprint density at radius 2 is 2.07 bits per heavy atom. The molecule has 0 bridgehead atoms. The van der Waals surface area contributed by atoms with Crippen molar-refractivity contribution in [2.75, 3.05) is 5.33 Å². The summed E-state index contributed by atoms with van der Waals surface area (Å²) >= 11 is 6.82. The van der Waals surface area contributed by atoms with Gasteiger partial charge in [-0.1, -0.05) is 28.4 Å². The molecule has 1 aliphatic carbocycles. The lowest BCUT2D eigenvalue weighted by atomic mass is 9.67. The lowest BCUT2D eigenvalue weighted by molar-refractivity contribution is 0.170. The van der Waals surface area contributed by atoms with Crippen molar-refractivity contribution >= 4 is 31.9 Å². The zero-order valence-electron chi connectivity index (χ0n) is 8.40. The Bertz CT molecular complexity index is 353. The summed E-state index contributed by atoms with van der Waals surface area (Å²) in [5.74, 6) is -0.180. The predicted octanol–water partition coefficient (Wildman–Crippen LogP) is 4.70. The second kappa shape index (κ2) is 4.54. The molecule has 1 aromatic carbocycles. The molecule has 0 atom stereocenters. The third kappa shape index (κ3) is 2.44. The van der Waals surface area contributed by atoms with Gasteiger partial charge in [0, 0.05) is 5.33 Å². The van der Waals surface area contributed by atoms with Gasteiger partial charge in [0.2, 0.25) is 0 Å². The molecular weight excluding hydrogens is 323 g/mol. The molecule has 0 saturated heterocycles. The van der Waals surface area contributed by atoms with Crippen molar-refractivity contribution in [3.8, 4) is 0 Å². The monoisotopic (exact) mass is 334 g/mol. The molecule has 3 heteroatoms. The van der Waals surface area contributed by atoms with E-state index in [0.29, 0.717) is 9.89 Å². The maximum atomic E-state index is 13.1. The van der Waals surface area contributed by atoms with Crippen LogP contribution in [-0.4, -0.2) is 5.33 Å². The number of rotatable bonds is 3. The van der Waals surface area contributed by atoms with E-state index in [1.807, 2.05) is 12.1 Å². The number of alkyl halides is 1. The van der Waals surface area contributed by atoms with Crippen molar-refractivity contribution in [3.05, 3.63) is 34.1 Å². The fraction of sp³-hybridized carbons (Fsp3) is 0.500. The summed E-state index contributed by atoms with van der Waals surface area (Å²) < 4.78 is 13.6. The van der Waals surface area contributed by atoms with Crippen molar-refractivity contribution < 1.29 is 4.39 Å². The molecule has 0 heterocycles. The number of benzene rings is 1. The normalized spacial score (nSPS) is 18.6. The fourth-order valence-corrected chi connectivity index (χ4v) is 3.30. The van der Waals surface area contributed by atoms with Crippen LogP contribution in [0.5, 0.6) is 0 Å². The lowest BCUT2D eigenvalue weighted by Crippen LogP contribution is -2.33. The minimum absolute atomic E-state index is 0.180. The van der Waals surface area contributed by atoms with Crippen LogP contribution in [-0.2, 0) is 6.42 Å². The topological polar surface area (TPSA) is 0 Å². The molecule has 0 amide bonds. The van der Waals surface area contributed by atoms with Gasteiger partial charge in [-0.25, -0.2) is 4.39 Å². The molecule has 1 aliphatic rings. The zero-order chi connectivity index (χ0) is 10.9. The Hall–Kier alpha value is 0.110. The predicted molar refractivity (Wildman–Crippen MR) is 67.9 cm³/mol. The first-order valence-electron chi connectivity index (χ1n) is 5.15. The van der Waals surface area contributed by atoms with Crippen molar-refractivity contribution in [1.82, 2.24) is 0 Å². The molecule has 0 N–H and O–H groups in total. The zero-order valence-corrected chi connectivity index (χ0v) is 11.6. The van der Waals surface area contributed by atoms with Gasteiger partial charge in [-0.3, -0.25) is 0 Å². The van der Waals surface area contributed by atoms with Gasteiger partial charge in [-0.05, 0) is 58.3 Å². The van der Waals surface area contributed by atoms with Gasteiger partial charge in [0.1, 0.15) is 5.82 Å². The quantitative estimate of drug-likeness (QED) is 0.702. The summed E-state index contributed by atoms with van der Waals surface area (Å²) in [6, 6.07) is 5.33. The summed E-state index contributed by atoms with van der Waals surface area (Å²) in [6.07, 6.45) is 4.95. The van der Waals surface area contributed by atoms with E-state index in [1.165, 1.54) is 24.8 Å². The molecule has 0 radical (unpaired) electrons. The van der Waals surface area contributed by atoms with Crippen LogP contribution in [0.15, 0.2) is 22.7 Å². The Labute approximate surface area is 107 Å². The molecule has 0 spiro atoms. The van der Waals surface area contributed by atoms with Crippen molar-refractivity contribution in [2.24, 2.45) is 5.41 Å². The van der Waals surface area contributed by atoms with Crippen LogP contribution in [0.2, 0.25) is 0 Å². The van der Waals surface area contributed by atoms with E-state index in [4.69, 9.17) is 0 Å². The molecule has 0 unspecified atom stereocenters. The van der Waals surface area contributed by atoms with Gasteiger partial charge >= 0.3 is 0 Å². The summed E-state index contributed by atoms with van der Waals surface area (Å²) in [5, 5.41) is 1.05. The molecule has 15 heavy (non-hydrogen) atoms. The molecule has 82 valence electrons. The maximum absolute atomic E-state index is 13.1. The molecular formula is C12H13Br2F. The van der Waals surface area contributed by atoms with Gasteiger partial charge in [0.25, 0.3) is 0 Å². The molecule has 0 aliphatic heterocycles. The number of halogens is 3. The Balaban J connectivity index is 2.13. The Morgan fingerprint density at radius 1 is 1.33 bits per heavy atom. The van der Waals surface area contributed by atoms with Crippen LogP contribution in [0.4, 0.5) is 4.39 Å². The van der Waals surface area contributed by atoms with Crippen LogP contribution in [0, 0.1) is 11.2 Å². The second-order valence-electron chi connectivity index (χ2n) is 4.41. The van der Waals surface area contributed by atoms with E-state index in [2.05, 4.69) is 31.9 Å². The Morgan fingerprint density at radius 3 is 2.53 bits per heavy atom. The van der Waals surface area contributed by atoms with E-state index < -0.39 is 0 Å². The molecule has 1 fully saturated rings. The average Bonchev–Trinajstić information content (AvgIpc) is 2.17. The first-order chi connectivity index (χ1) is 7.15. The minimum Gasteiger partial charge on any atom is -0.206 e. The fourth-order valence-electron chi connectivity index (χ4n) is 2.12. The van der Waals surface area contributed by atoms with Crippen LogP contribution in [0.3, 0.4) is 0 Å². The highest BCUT2D eigenvalue weighted by Crippen LogP contribution is 2.45. The largest absolute Gasteiger partial charge is 0.206 e. The maximum Gasteiger partial charge on any atom is 0.137 e. The van der Waals surface area contributed by atoms with Crippen molar-refractivity contribution in [1.29, 1.82) is 0 Å². The third-order valence-corrected chi connectivity index (χ3v) is 5.06. The second-order valence-corrected chi connectivity index (χ2v) is 5.83. The van der Waals surface area contributed by atoms with Gasteiger partial charge in [0.15, 0.2) is 0 Å². The van der Waals surface area contributed by atoms with Gasteiger partial charge in [-0.2, -0.15) is 0 Å². The summed E-state index contributed by atoms with van der Waals surface area (Å²) in [6.45, 7) is 0. The first-order valence-corrected chi connectivity index (χ1v) is 7.07. The number of hydrogen-bond acceptors (Lipinski definition) is 0. The molecule has 0 aromatic heterocycles. The highest BCUT2D eigenvalue weighted by Gasteiger charge is 2.35. The summed E-state index contributed by atoms with van der Waals surface area (Å²) in [4.78, 5) is 0. The third-order valence-electron chi connectivity index (χ3n) is 3.26. The summed E-state index contributed by atoms with van der Waals surface area (Å²) in [5.41, 5.74) is 1.65. The average molecular weight is 336 g/mol. The van der Waals surface area contributed by atoms with E-state index in [0.717, 1.165) is 11.8 Å². The Kier molecular flexibility index (Phi) is 3.51. The van der Waals surface area contributed by atoms with E-state index in [1.54, 1.807) is 6.07 Å². The van der Waals surface area contributed by atoms with Crippen LogP contribution < -0.4 is 0 Å². The van der Waals surface area contributed by atoms with Gasteiger partial charge in [-0.15, -0.1) is 0 Å². The molecule has 2 rings (SSSR count). The smallest absolute Gasteiger partial charge is 0.137 e. The number of hydrogen-bond donors (Lipinski definition) is 0. The van der Waals surface area contributed by atoms with Crippen molar-refractivity contribution in [2.45, 2.75) is 25.7 Å². The van der Waals surface area contributed by atoms with Gasteiger partial charge in [0.05, 0.1) is 4.47 Å². The van der Waals surface area contributed by atoms with Crippen LogP contribution in [0.1, 0.15) is 24.8 Å². The van der Waals surface area contributed by atoms with Crippen LogP contribution in [0.25, 0.3) is 0 Å². The highest BCUT2D eigenvalue weighted by molar-refractivity contribution is 9.10. The molecule has 1 saturated carbocycles. The van der Waals surface area contributed by atoms with E-state index >= 15 is 0 Å². The SMILES string of the molecule is Fc1ccc(CC2(CBr)CCC2)cc1Br. The molecule has 0 nitrogen and oxygen atoms in total. The first kappa shape index (κ1) is 11.6. The van der Waals surface area contributed by atoms with Crippen LogP contribution >= 0.6 is 31.9 Å². The standard InChI is InChI=1S/C12H13Br2F/c13-8-12(4-1-5-12)7-9-2-3-11(15)10(14)6-9/h2-3,6H,1,4-5,7-8H2. The molecule has 1 aromatic rings. The summed E-state index contributed by atoms with van der Waals surface area (Å²) in [7, 11) is 0.